The Kier molecular flexibility index (Phi) is 3.28. The quantitative estimate of drug-likeness (QED) is 0.607. The second-order valence-electron chi connectivity index (χ2n) is 4.57. The fraction of sp³-hybridized carbons (Fsp3) is 0.500. The van der Waals surface area contributed by atoms with E-state index in [0.29, 0.717) is 17.3 Å². The molecule has 1 aliphatic carbocycles. The van der Waals surface area contributed by atoms with Gasteiger partial charge >= 0.3 is 0 Å². The molecule has 0 radical (unpaired) electrons. The number of pyridine rings is 1. The van der Waals surface area contributed by atoms with E-state index in [1.165, 1.54) is 12.8 Å². The van der Waals surface area contributed by atoms with Gasteiger partial charge in [-0.05, 0) is 37.8 Å². The van der Waals surface area contributed by atoms with E-state index >= 15 is 0 Å². The fourth-order valence-electron chi connectivity index (χ4n) is 1.90. The molecule has 1 aliphatic rings. The Morgan fingerprint density at radius 3 is 2.94 bits per heavy atom. The first-order chi connectivity index (χ1) is 8.13. The number of aromatic nitrogens is 1. The first-order valence-corrected chi connectivity index (χ1v) is 5.83. The predicted octanol–water partition coefficient (Wildman–Crippen LogP) is 1.24. The largest absolute Gasteiger partial charge is 0.337 e. The first kappa shape index (κ1) is 11.9. The van der Waals surface area contributed by atoms with Crippen molar-refractivity contribution in [1.82, 2.24) is 9.88 Å². The molecule has 1 unspecified atom stereocenters. The van der Waals surface area contributed by atoms with Crippen molar-refractivity contribution in [1.29, 1.82) is 0 Å². The van der Waals surface area contributed by atoms with Crippen LogP contribution in [0.15, 0.2) is 18.3 Å². The third-order valence-electron chi connectivity index (χ3n) is 3.38. The van der Waals surface area contributed by atoms with Gasteiger partial charge in [-0.25, -0.2) is 0 Å². The van der Waals surface area contributed by atoms with Gasteiger partial charge in [0.25, 0.3) is 5.91 Å². The molecule has 0 spiro atoms. The number of nitrogens with two attached hydrogens (primary N) is 1. The third-order valence-corrected chi connectivity index (χ3v) is 3.38. The lowest BCUT2D eigenvalue weighted by molar-refractivity contribution is 0.0721. The van der Waals surface area contributed by atoms with E-state index in [0.717, 1.165) is 0 Å². The molecule has 5 nitrogen and oxygen atoms in total. The zero-order valence-corrected chi connectivity index (χ0v) is 10.2. The summed E-state index contributed by atoms with van der Waals surface area (Å²) in [5.41, 5.74) is 3.63. The lowest BCUT2D eigenvalue weighted by Gasteiger charge is -2.24. The van der Waals surface area contributed by atoms with Crippen LogP contribution in [-0.4, -0.2) is 28.9 Å². The van der Waals surface area contributed by atoms with Crippen molar-refractivity contribution in [2.45, 2.75) is 25.8 Å². The maximum Gasteiger partial charge on any atom is 0.272 e. The minimum Gasteiger partial charge on any atom is -0.337 e. The van der Waals surface area contributed by atoms with Gasteiger partial charge in [-0.2, -0.15) is 0 Å². The van der Waals surface area contributed by atoms with Gasteiger partial charge in [0.1, 0.15) is 5.69 Å². The van der Waals surface area contributed by atoms with E-state index in [4.69, 9.17) is 5.84 Å². The van der Waals surface area contributed by atoms with Crippen molar-refractivity contribution in [3.8, 4) is 0 Å². The molecular formula is C12H18N4O. The number of nitrogen functional groups attached to an aromatic ring is 1. The summed E-state index contributed by atoms with van der Waals surface area (Å²) in [6.07, 6.45) is 4.02. The zero-order valence-electron chi connectivity index (χ0n) is 10.2. The zero-order chi connectivity index (χ0) is 12.4. The Bertz CT molecular complexity index is 417. The fourth-order valence-corrected chi connectivity index (χ4v) is 1.90. The van der Waals surface area contributed by atoms with Gasteiger partial charge in [-0.15, -0.1) is 0 Å². The molecule has 17 heavy (non-hydrogen) atoms. The minimum absolute atomic E-state index is 0.0542. The number of nitrogens with zero attached hydrogens (tertiary/aromatic N) is 2. The summed E-state index contributed by atoms with van der Waals surface area (Å²) in [6, 6.07) is 3.67. The lowest BCUT2D eigenvalue weighted by atomic mass is 10.2. The van der Waals surface area contributed by atoms with Gasteiger partial charge in [-0.3, -0.25) is 15.6 Å². The first-order valence-electron chi connectivity index (χ1n) is 5.83. The van der Waals surface area contributed by atoms with Crippen LogP contribution in [0.4, 0.5) is 5.69 Å². The SMILES string of the molecule is CC(C1CC1)N(C)C(=O)c1cc(NN)ccn1. The molecule has 92 valence electrons. The van der Waals surface area contributed by atoms with Crippen molar-refractivity contribution >= 4 is 11.6 Å². The van der Waals surface area contributed by atoms with Crippen LogP contribution in [-0.2, 0) is 0 Å². The molecule has 1 saturated carbocycles. The maximum absolute atomic E-state index is 12.2. The molecule has 1 aromatic heterocycles. The molecule has 1 aromatic rings. The monoisotopic (exact) mass is 234 g/mol. The Hall–Kier alpha value is -1.62. The molecule has 0 bridgehead atoms. The number of anilines is 1. The van der Waals surface area contributed by atoms with Gasteiger partial charge in [0.15, 0.2) is 0 Å². The Morgan fingerprint density at radius 2 is 2.35 bits per heavy atom. The van der Waals surface area contributed by atoms with Crippen LogP contribution >= 0.6 is 0 Å². The number of hydrogen-bond acceptors (Lipinski definition) is 4. The smallest absolute Gasteiger partial charge is 0.272 e. The molecule has 0 saturated heterocycles. The van der Waals surface area contributed by atoms with Crippen LogP contribution in [0.3, 0.4) is 0 Å². The number of rotatable bonds is 4. The topological polar surface area (TPSA) is 71.2 Å². The van der Waals surface area contributed by atoms with Crippen LogP contribution in [0.2, 0.25) is 0 Å². The molecule has 0 aliphatic heterocycles. The normalized spacial score (nSPS) is 16.4. The predicted molar refractivity (Wildman–Crippen MR) is 66.3 cm³/mol. The molecule has 2 rings (SSSR count). The molecule has 1 amide bonds. The third kappa shape index (κ3) is 2.55. The minimum atomic E-state index is -0.0542. The van der Waals surface area contributed by atoms with Crippen molar-refractivity contribution < 1.29 is 4.79 Å². The molecular weight excluding hydrogens is 216 g/mol. The Balaban J connectivity index is 2.11. The average molecular weight is 234 g/mol. The number of carbonyl (C=O) groups is 1. The molecule has 3 N–H and O–H groups in total. The number of amides is 1. The number of nitrogens with one attached hydrogen (secondary N) is 1. The van der Waals surface area contributed by atoms with E-state index in [2.05, 4.69) is 17.3 Å². The van der Waals surface area contributed by atoms with E-state index in [-0.39, 0.29) is 11.9 Å². The van der Waals surface area contributed by atoms with E-state index < -0.39 is 0 Å². The Labute approximate surface area is 101 Å². The summed E-state index contributed by atoms with van der Waals surface area (Å²) in [6.45, 7) is 2.08. The van der Waals surface area contributed by atoms with E-state index in [1.807, 2.05) is 7.05 Å². The average Bonchev–Trinajstić information content (AvgIpc) is 3.20. The molecule has 5 heteroatoms. The lowest BCUT2D eigenvalue weighted by Crippen LogP contribution is -2.36. The maximum atomic E-state index is 12.2. The van der Waals surface area contributed by atoms with Crippen LogP contribution < -0.4 is 11.3 Å². The second-order valence-corrected chi connectivity index (χ2v) is 4.57. The molecule has 0 aromatic carbocycles. The van der Waals surface area contributed by atoms with Crippen molar-refractivity contribution in [2.75, 3.05) is 12.5 Å². The van der Waals surface area contributed by atoms with Crippen LogP contribution in [0.1, 0.15) is 30.3 Å². The highest BCUT2D eigenvalue weighted by atomic mass is 16.2. The van der Waals surface area contributed by atoms with Crippen molar-refractivity contribution in [2.24, 2.45) is 11.8 Å². The van der Waals surface area contributed by atoms with Gasteiger partial charge in [0.2, 0.25) is 0 Å². The molecule has 1 fully saturated rings. The second kappa shape index (κ2) is 4.71. The standard InChI is InChI=1S/C12H18N4O/c1-8(9-3-4-9)16(2)12(17)11-7-10(15-13)5-6-14-11/h5-9H,3-4,13H2,1-2H3,(H,14,15). The highest BCUT2D eigenvalue weighted by Gasteiger charge is 2.33. The van der Waals surface area contributed by atoms with Crippen LogP contribution in [0, 0.1) is 5.92 Å². The van der Waals surface area contributed by atoms with Crippen molar-refractivity contribution in [3.63, 3.8) is 0 Å². The highest BCUT2D eigenvalue weighted by molar-refractivity contribution is 5.93. The van der Waals surface area contributed by atoms with E-state index in [1.54, 1.807) is 23.2 Å². The van der Waals surface area contributed by atoms with Crippen LogP contribution in [0.5, 0.6) is 0 Å². The number of hydrazine groups is 1. The molecule has 1 atom stereocenters. The summed E-state index contributed by atoms with van der Waals surface area (Å²) in [7, 11) is 1.83. The van der Waals surface area contributed by atoms with Crippen molar-refractivity contribution in [3.05, 3.63) is 24.0 Å². The summed E-state index contributed by atoms with van der Waals surface area (Å²) < 4.78 is 0. The summed E-state index contributed by atoms with van der Waals surface area (Å²) >= 11 is 0. The number of hydrogen-bond donors (Lipinski definition) is 2. The Morgan fingerprint density at radius 1 is 1.65 bits per heavy atom. The molecule has 1 heterocycles. The summed E-state index contributed by atoms with van der Waals surface area (Å²) in [5.74, 6) is 5.91. The van der Waals surface area contributed by atoms with Gasteiger partial charge < -0.3 is 10.3 Å². The van der Waals surface area contributed by atoms with E-state index in [9.17, 15) is 4.79 Å². The summed E-state index contributed by atoms with van der Waals surface area (Å²) in [4.78, 5) is 18.0. The highest BCUT2D eigenvalue weighted by Crippen LogP contribution is 2.35. The van der Waals surface area contributed by atoms with Crippen LogP contribution in [0.25, 0.3) is 0 Å². The van der Waals surface area contributed by atoms with Gasteiger partial charge in [-0.1, -0.05) is 0 Å². The number of carbonyl (C=O) groups excluding carboxylic acids is 1. The summed E-state index contributed by atoms with van der Waals surface area (Å²) in [5, 5.41) is 0. The van der Waals surface area contributed by atoms with Gasteiger partial charge in [0.05, 0.1) is 5.69 Å². The van der Waals surface area contributed by atoms with Gasteiger partial charge in [0, 0.05) is 19.3 Å².